The molecular weight excluding hydrogens is 869 g/mol. The highest BCUT2D eigenvalue weighted by atomic mass is 28.3. The third-order valence-electron chi connectivity index (χ3n) is 11.1. The summed E-state index contributed by atoms with van der Waals surface area (Å²) in [4.78, 5) is 13.3. The van der Waals surface area contributed by atoms with Crippen LogP contribution in [-0.2, 0) is 34.7 Å². The number of rotatable bonds is 6. The number of nitriles is 1. The minimum Gasteiger partial charge on any atom is -0.618 e. The maximum absolute atomic E-state index is 11.7. The van der Waals surface area contributed by atoms with Gasteiger partial charge in [-0.15, -0.1) is 0 Å². The molecule has 8 aromatic heterocycles. The maximum Gasteiger partial charge on any atom is 0.265 e. The number of pyridine rings is 4. The summed E-state index contributed by atoms with van der Waals surface area (Å²) < 4.78 is 8.31. The highest BCUT2D eigenvalue weighted by molar-refractivity contribution is 6.74. The van der Waals surface area contributed by atoms with E-state index in [4.69, 9.17) is 16.8 Å². The van der Waals surface area contributed by atoms with Gasteiger partial charge in [-0.3, -0.25) is 18.7 Å². The minimum atomic E-state index is -0.611. The SMILES string of the molecule is C[Si](C)(C)C.Cc1nn(C)c2c(C(C)C)cc(C#N)nc12.Cc1nn(C)c2c(C(C)C)cc(CN)nc12.Cc1nn(C)c2c(C(C)C)cc(NN)nc12.Cc1nn(C)c2c(C(C)C)cc[n+]([O-])c12. The molecule has 0 atom stereocenters. The summed E-state index contributed by atoms with van der Waals surface area (Å²) in [6.07, 6.45) is 1.56. The third-order valence-corrected chi connectivity index (χ3v) is 11.1. The van der Waals surface area contributed by atoms with Crippen LogP contribution in [0, 0.1) is 44.2 Å². The Hall–Kier alpha value is -6.29. The Morgan fingerprint density at radius 1 is 0.618 bits per heavy atom. The molecule has 0 saturated carbocycles. The monoisotopic (exact) mass is 945 g/mol. The highest BCUT2D eigenvalue weighted by Crippen LogP contribution is 2.30. The number of anilines is 1. The maximum atomic E-state index is 11.7. The van der Waals surface area contributed by atoms with Gasteiger partial charge in [-0.2, -0.15) is 30.4 Å². The number of aromatic nitrogens is 12. The predicted molar refractivity (Wildman–Crippen MR) is 280 cm³/mol. The van der Waals surface area contributed by atoms with Crippen molar-refractivity contribution in [3.05, 3.63) is 92.1 Å². The summed E-state index contributed by atoms with van der Waals surface area (Å²) in [6, 6.07) is 9.91. The van der Waals surface area contributed by atoms with Gasteiger partial charge in [0.2, 0.25) is 0 Å². The quantitative estimate of drug-likeness (QED) is 0.0466. The van der Waals surface area contributed by atoms with E-state index >= 15 is 0 Å². The van der Waals surface area contributed by atoms with Gasteiger partial charge >= 0.3 is 0 Å². The van der Waals surface area contributed by atoms with E-state index in [0.717, 1.165) is 77.4 Å². The van der Waals surface area contributed by atoms with Gasteiger partial charge in [-0.25, -0.2) is 20.8 Å². The standard InChI is InChI=1S/C12H18N4.C12H14N4.C11H17N5.C11H15N3O.C4H12Si/c2*1-7(2)10-5-9(6-13)14-11-8(3)15-16(4)12(10)11;1-6(2)8-5-9(14-12)13-10-7(3)15-16(4)11(8)10;1-7(2)9-5-6-14(15)10-8(3)12-13(4)11(9)10;1-5(2,3)4/h5,7H,6,13H2,1-4H3;5,7H,1-4H3;5-6H,12H2,1-4H3,(H,13,14);5-7H,1-4H3;1-4H3. The highest BCUT2D eigenvalue weighted by Gasteiger charge is 2.20. The first-order valence-corrected chi connectivity index (χ1v) is 27.3. The van der Waals surface area contributed by atoms with E-state index in [0.29, 0.717) is 47.2 Å². The van der Waals surface area contributed by atoms with Gasteiger partial charge in [0.25, 0.3) is 5.52 Å². The second-order valence-electron chi connectivity index (χ2n) is 20.2. The average Bonchev–Trinajstić information content (AvgIpc) is 3.94. The van der Waals surface area contributed by atoms with Crippen LogP contribution in [0.25, 0.3) is 44.1 Å². The largest absolute Gasteiger partial charge is 0.618 e. The van der Waals surface area contributed by atoms with Crippen molar-refractivity contribution >= 4 is 58.0 Å². The summed E-state index contributed by atoms with van der Waals surface area (Å²) in [5, 5.41) is 38.1. The second-order valence-corrected chi connectivity index (χ2v) is 26.2. The van der Waals surface area contributed by atoms with E-state index in [9.17, 15) is 5.21 Å². The fourth-order valence-electron chi connectivity index (χ4n) is 8.03. The molecule has 68 heavy (non-hydrogen) atoms. The van der Waals surface area contributed by atoms with E-state index in [1.807, 2.05) is 88.1 Å². The van der Waals surface area contributed by atoms with E-state index in [1.165, 1.54) is 16.7 Å². The lowest BCUT2D eigenvalue weighted by molar-refractivity contribution is -0.577. The first-order chi connectivity index (χ1) is 31.6. The number of hydrogen-bond donors (Lipinski definition) is 3. The Labute approximate surface area is 403 Å². The Kier molecular flexibility index (Phi) is 17.7. The molecule has 8 aromatic rings. The zero-order chi connectivity index (χ0) is 51.3. The van der Waals surface area contributed by atoms with Gasteiger partial charge in [0, 0.05) is 48.9 Å². The lowest BCUT2D eigenvalue weighted by Crippen LogP contribution is -2.27. The Bertz CT molecular complexity index is 2960. The van der Waals surface area contributed by atoms with Crippen molar-refractivity contribution in [1.29, 1.82) is 5.26 Å². The van der Waals surface area contributed by atoms with E-state index in [-0.39, 0.29) is 0 Å². The van der Waals surface area contributed by atoms with Gasteiger partial charge in [-0.1, -0.05) is 81.6 Å². The summed E-state index contributed by atoms with van der Waals surface area (Å²) >= 11 is 0. The van der Waals surface area contributed by atoms with Crippen LogP contribution in [0.3, 0.4) is 0 Å². The molecule has 0 aliphatic carbocycles. The lowest BCUT2D eigenvalue weighted by Gasteiger charge is -2.10. The van der Waals surface area contributed by atoms with Crippen molar-refractivity contribution in [2.45, 2.75) is 139 Å². The number of hydrogen-bond acceptors (Lipinski definition) is 12. The molecule has 0 aliphatic heterocycles. The molecule has 0 radical (unpaired) electrons. The first-order valence-electron chi connectivity index (χ1n) is 23.3. The molecule has 18 heteroatoms. The summed E-state index contributed by atoms with van der Waals surface area (Å²) in [6.45, 7) is 34.6. The van der Waals surface area contributed by atoms with Gasteiger partial charge in [-0.05, 0) is 91.8 Å². The topological polar surface area (TPSA) is 225 Å². The molecular formula is C50H76N16OSi. The molecule has 0 unspecified atom stereocenters. The normalized spacial score (nSPS) is 11.4. The number of aryl methyl sites for hydroxylation is 8. The molecule has 0 fully saturated rings. The molecule has 0 saturated heterocycles. The van der Waals surface area contributed by atoms with Crippen LogP contribution in [0.4, 0.5) is 5.82 Å². The van der Waals surface area contributed by atoms with Crippen molar-refractivity contribution in [1.82, 2.24) is 54.1 Å². The van der Waals surface area contributed by atoms with Gasteiger partial charge in [0.15, 0.2) is 6.20 Å². The van der Waals surface area contributed by atoms with Crippen LogP contribution in [0.15, 0.2) is 30.5 Å². The van der Waals surface area contributed by atoms with Crippen LogP contribution in [0.5, 0.6) is 0 Å². The Morgan fingerprint density at radius 2 is 1.00 bits per heavy atom. The number of hydrazine groups is 1. The van der Waals surface area contributed by atoms with Crippen molar-refractivity contribution < 1.29 is 4.73 Å². The second kappa shape index (κ2) is 22.2. The third kappa shape index (κ3) is 12.4. The average molecular weight is 945 g/mol. The van der Waals surface area contributed by atoms with Crippen LogP contribution in [0.1, 0.15) is 135 Å². The molecule has 366 valence electrons. The number of fused-ring (bicyclic) bond motifs is 4. The number of nitrogen functional groups attached to an aromatic ring is 1. The molecule has 0 spiro atoms. The summed E-state index contributed by atoms with van der Waals surface area (Å²) in [5.41, 5.74) is 25.6. The zero-order valence-corrected chi connectivity index (χ0v) is 45.3. The van der Waals surface area contributed by atoms with Gasteiger partial charge in [0.05, 0.1) is 39.3 Å². The summed E-state index contributed by atoms with van der Waals surface area (Å²) in [5.74, 6) is 7.72. The summed E-state index contributed by atoms with van der Waals surface area (Å²) in [7, 11) is 7.08. The van der Waals surface area contributed by atoms with Crippen molar-refractivity contribution in [3.8, 4) is 6.07 Å². The molecule has 8 rings (SSSR count). The Balaban J connectivity index is 0.000000191. The predicted octanol–water partition coefficient (Wildman–Crippen LogP) is 9.41. The molecule has 5 N–H and O–H groups in total. The molecule has 0 aromatic carbocycles. The first kappa shape index (κ1) is 54.3. The van der Waals surface area contributed by atoms with E-state index in [1.54, 1.807) is 10.9 Å². The Morgan fingerprint density at radius 3 is 1.41 bits per heavy atom. The minimum absolute atomic E-state index is 0.354. The van der Waals surface area contributed by atoms with Crippen molar-refractivity contribution in [3.63, 3.8) is 0 Å². The van der Waals surface area contributed by atoms with E-state index in [2.05, 4.69) is 134 Å². The van der Waals surface area contributed by atoms with Crippen LogP contribution < -0.4 is 21.7 Å². The number of nitrogens with one attached hydrogen (secondary N) is 1. The van der Waals surface area contributed by atoms with Crippen molar-refractivity contribution in [2.75, 3.05) is 5.43 Å². The number of nitrogens with two attached hydrogens (primary N) is 2. The van der Waals surface area contributed by atoms with Gasteiger partial charge < -0.3 is 16.4 Å². The number of nitrogens with zero attached hydrogens (tertiary/aromatic N) is 13. The lowest BCUT2D eigenvalue weighted by atomic mass is 10.0. The fourth-order valence-corrected chi connectivity index (χ4v) is 8.03. The fraction of sp³-hybridized carbons (Fsp3) is 0.500. The van der Waals surface area contributed by atoms with Crippen LogP contribution in [0.2, 0.25) is 26.2 Å². The molecule has 0 bridgehead atoms. The molecule has 8 heterocycles. The van der Waals surface area contributed by atoms with Crippen LogP contribution in [-0.4, -0.2) is 62.1 Å². The molecule has 0 aliphatic rings. The van der Waals surface area contributed by atoms with Crippen LogP contribution >= 0.6 is 0 Å². The van der Waals surface area contributed by atoms with Crippen molar-refractivity contribution in [2.24, 2.45) is 39.8 Å². The smallest absolute Gasteiger partial charge is 0.265 e. The van der Waals surface area contributed by atoms with E-state index < -0.39 is 8.07 Å². The zero-order valence-electron chi connectivity index (χ0n) is 44.3. The van der Waals surface area contributed by atoms with Gasteiger partial charge in [0.1, 0.15) is 45.3 Å². The molecule has 17 nitrogen and oxygen atoms in total. The molecule has 0 amide bonds.